The Hall–Kier alpha value is 1.02. The maximum atomic E-state index is 8.70. The van der Waals surface area contributed by atoms with Crippen molar-refractivity contribution >= 4 is 8.25 Å². The van der Waals surface area contributed by atoms with Gasteiger partial charge in [-0.05, 0) is 0 Å². The van der Waals surface area contributed by atoms with E-state index >= 15 is 0 Å². The van der Waals surface area contributed by atoms with Crippen LogP contribution in [-0.4, -0.2) is 9.79 Å². The molecule has 2 N–H and O–H groups in total. The molecular formula is CH7NaO3P+. The van der Waals surface area contributed by atoms with E-state index in [1.165, 1.54) is 0 Å². The molecule has 0 aliphatic rings. The van der Waals surface area contributed by atoms with Crippen molar-refractivity contribution in [1.82, 2.24) is 0 Å². The van der Waals surface area contributed by atoms with Crippen LogP contribution in [-0.2, 0) is 4.57 Å². The fourth-order valence-electron chi connectivity index (χ4n) is 0. The van der Waals surface area contributed by atoms with Gasteiger partial charge in [0.05, 0.1) is 0 Å². The van der Waals surface area contributed by atoms with E-state index in [9.17, 15) is 0 Å². The summed E-state index contributed by atoms with van der Waals surface area (Å²) in [6.07, 6.45) is 0. The Labute approximate surface area is 61.1 Å². The molecule has 0 aliphatic carbocycles. The van der Waals surface area contributed by atoms with Crippen molar-refractivity contribution in [3.05, 3.63) is 0 Å². The fourth-order valence-corrected chi connectivity index (χ4v) is 0. The van der Waals surface area contributed by atoms with Gasteiger partial charge in [0.15, 0.2) is 0 Å². The Balaban J connectivity index is -0.0000000150. The van der Waals surface area contributed by atoms with Gasteiger partial charge < -0.3 is 1.43 Å². The van der Waals surface area contributed by atoms with Crippen LogP contribution >= 0.6 is 8.25 Å². The molecule has 0 aromatic carbocycles. The predicted molar refractivity (Wildman–Crippen MR) is 19.9 cm³/mol. The summed E-state index contributed by atoms with van der Waals surface area (Å²) in [5, 5.41) is 0. The Morgan fingerprint density at radius 1 is 1.50 bits per heavy atom. The summed E-state index contributed by atoms with van der Waals surface area (Å²) in [4.78, 5) is 14.2. The van der Waals surface area contributed by atoms with Gasteiger partial charge in [-0.15, -0.1) is 9.79 Å². The van der Waals surface area contributed by atoms with E-state index in [-0.39, 0.29) is 38.4 Å². The van der Waals surface area contributed by atoms with Crippen LogP contribution in [0.5, 0.6) is 0 Å². The first kappa shape index (κ1) is 15.7. The van der Waals surface area contributed by atoms with Crippen LogP contribution in [0, 0.1) is 0 Å². The Morgan fingerprint density at radius 3 is 1.50 bits per heavy atom. The van der Waals surface area contributed by atoms with Gasteiger partial charge >= 0.3 is 37.8 Å². The fraction of sp³-hybridized carbons (Fsp3) is 1.00. The van der Waals surface area contributed by atoms with E-state index in [4.69, 9.17) is 14.4 Å². The van der Waals surface area contributed by atoms with Crippen LogP contribution in [0.1, 0.15) is 8.85 Å². The number of rotatable bonds is 0. The molecule has 0 fully saturated rings. The molecule has 0 radical (unpaired) electrons. The molecule has 0 rings (SSSR count). The molecule has 0 heterocycles. The van der Waals surface area contributed by atoms with Gasteiger partial charge in [0.2, 0.25) is 0 Å². The zero-order chi connectivity index (χ0) is 3.58. The monoisotopic (exact) mass is 121 g/mol. The number of hydrogen-bond donors (Lipinski definition) is 2. The minimum absolute atomic E-state index is 0. The second-order valence-corrected chi connectivity index (χ2v) is 0.758. The summed E-state index contributed by atoms with van der Waals surface area (Å²) in [5.74, 6) is 0. The predicted octanol–water partition coefficient (Wildman–Crippen LogP) is -2.62. The van der Waals surface area contributed by atoms with Crippen molar-refractivity contribution in [2.45, 2.75) is 7.43 Å². The third-order valence-electron chi connectivity index (χ3n) is 0. The first-order chi connectivity index (χ1) is 1.73. The molecule has 0 aromatic rings. The molecule has 0 unspecified atom stereocenters. The van der Waals surface area contributed by atoms with Gasteiger partial charge in [-0.2, -0.15) is 0 Å². The molecule has 0 spiro atoms. The van der Waals surface area contributed by atoms with Crippen molar-refractivity contribution in [3.8, 4) is 0 Å². The molecule has 0 atom stereocenters. The first-order valence-electron chi connectivity index (χ1n) is 0.583. The Kier molecular flexibility index (Phi) is 24.6. The van der Waals surface area contributed by atoms with Crippen LogP contribution in [0.4, 0.5) is 0 Å². The molecule has 34 valence electrons. The Bertz CT molecular complexity index is 37.9. The molecule has 0 saturated heterocycles. The van der Waals surface area contributed by atoms with Crippen molar-refractivity contribution in [3.63, 3.8) is 0 Å². The van der Waals surface area contributed by atoms with E-state index in [2.05, 4.69) is 0 Å². The smallest absolute Gasteiger partial charge is 1.00 e. The molecule has 5 heteroatoms. The SMILES string of the molecule is C.O=[P+](O)O.[H-].[Na+]. The minimum atomic E-state index is -2.87. The van der Waals surface area contributed by atoms with Crippen LogP contribution in [0.15, 0.2) is 0 Å². The molecule has 0 saturated carbocycles. The summed E-state index contributed by atoms with van der Waals surface area (Å²) in [6, 6.07) is 0. The molecule has 0 aliphatic heterocycles. The van der Waals surface area contributed by atoms with E-state index in [1.54, 1.807) is 0 Å². The largest absolute Gasteiger partial charge is 1.00 e. The summed E-state index contributed by atoms with van der Waals surface area (Å²) < 4.78 is 8.70. The maximum Gasteiger partial charge on any atom is 1.00 e. The molecular weight excluding hydrogens is 114 g/mol. The van der Waals surface area contributed by atoms with Gasteiger partial charge in [0, 0.05) is 4.57 Å². The van der Waals surface area contributed by atoms with Crippen molar-refractivity contribution < 1.29 is 45.3 Å². The maximum absolute atomic E-state index is 8.70. The normalized spacial score (nSPS) is 4.33. The van der Waals surface area contributed by atoms with Crippen molar-refractivity contribution in [1.29, 1.82) is 0 Å². The van der Waals surface area contributed by atoms with Crippen LogP contribution in [0.3, 0.4) is 0 Å². The van der Waals surface area contributed by atoms with E-state index in [1.807, 2.05) is 0 Å². The third kappa shape index (κ3) is 78.0. The van der Waals surface area contributed by atoms with Gasteiger partial charge in [0.1, 0.15) is 0 Å². The van der Waals surface area contributed by atoms with Crippen molar-refractivity contribution in [2.24, 2.45) is 0 Å². The Morgan fingerprint density at radius 2 is 1.50 bits per heavy atom. The van der Waals surface area contributed by atoms with Crippen LogP contribution < -0.4 is 29.6 Å². The summed E-state index contributed by atoms with van der Waals surface area (Å²) in [6.45, 7) is 0. The van der Waals surface area contributed by atoms with Crippen LogP contribution in [0.2, 0.25) is 0 Å². The minimum Gasteiger partial charge on any atom is -1.00 e. The molecule has 0 amide bonds. The summed E-state index contributed by atoms with van der Waals surface area (Å²) in [7, 11) is -2.87. The average Bonchev–Trinajstić information content (AvgIpc) is 0.811. The first-order valence-corrected chi connectivity index (χ1v) is 1.75. The van der Waals surface area contributed by atoms with E-state index in [0.29, 0.717) is 0 Å². The zero-order valence-corrected chi connectivity index (χ0v) is 5.64. The quantitative estimate of drug-likeness (QED) is 0.272. The van der Waals surface area contributed by atoms with Crippen LogP contribution in [0.25, 0.3) is 0 Å². The topological polar surface area (TPSA) is 57.5 Å². The van der Waals surface area contributed by atoms with Gasteiger partial charge in [0.25, 0.3) is 0 Å². The third-order valence-corrected chi connectivity index (χ3v) is 0. The summed E-state index contributed by atoms with van der Waals surface area (Å²) >= 11 is 0. The van der Waals surface area contributed by atoms with E-state index < -0.39 is 8.25 Å². The number of hydrogen-bond acceptors (Lipinski definition) is 1. The molecule has 0 aromatic heterocycles. The van der Waals surface area contributed by atoms with Gasteiger partial charge in [-0.1, -0.05) is 7.43 Å². The zero-order valence-electron chi connectivity index (χ0n) is 3.75. The molecule has 0 bridgehead atoms. The van der Waals surface area contributed by atoms with Crippen molar-refractivity contribution in [2.75, 3.05) is 0 Å². The molecule has 3 nitrogen and oxygen atoms in total. The van der Waals surface area contributed by atoms with Gasteiger partial charge in [-0.25, -0.2) is 0 Å². The average molecular weight is 121 g/mol. The second kappa shape index (κ2) is 9.39. The van der Waals surface area contributed by atoms with E-state index in [0.717, 1.165) is 0 Å². The summed E-state index contributed by atoms with van der Waals surface area (Å²) in [5.41, 5.74) is 0. The van der Waals surface area contributed by atoms with Gasteiger partial charge in [-0.3, -0.25) is 0 Å². The molecule has 6 heavy (non-hydrogen) atoms. The standard InChI is InChI=1S/CH4.Na.HO3P.H/c;;1-4(2)3;/h1H4;;(H-,1,2,3);/q;+1;;-1/p+1. The second-order valence-electron chi connectivity index (χ2n) is 0.253.